The summed E-state index contributed by atoms with van der Waals surface area (Å²) < 4.78 is 6.06. The molecule has 2 heterocycles. The molecule has 2 aromatic rings. The van der Waals surface area contributed by atoms with Crippen LogP contribution < -0.4 is 5.32 Å². The Kier molecular flexibility index (Phi) is 2.97. The number of nitrogens with zero attached hydrogens (tertiary/aromatic N) is 2. The number of carbonyl (C=O) groups excluding carboxylic acids is 1. The molecule has 5 nitrogen and oxygen atoms in total. The smallest absolute Gasteiger partial charge is 0.413 e. The van der Waals surface area contributed by atoms with Crippen LogP contribution in [0.3, 0.4) is 0 Å². The lowest BCUT2D eigenvalue weighted by Crippen LogP contribution is -2.27. The highest BCUT2D eigenvalue weighted by Crippen LogP contribution is 2.24. The monoisotopic (exact) mass is 251 g/mol. The first kappa shape index (κ1) is 11.8. The molecule has 0 aliphatic carbocycles. The Labute approximate surface area is 103 Å². The van der Waals surface area contributed by atoms with E-state index in [1.165, 1.54) is 11.3 Å². The molecular weight excluding hydrogens is 238 g/mol. The average molecular weight is 251 g/mol. The van der Waals surface area contributed by atoms with Gasteiger partial charge in [0.05, 0.1) is 4.70 Å². The van der Waals surface area contributed by atoms with Crippen molar-refractivity contribution in [2.45, 2.75) is 26.4 Å². The molecule has 0 spiro atoms. The van der Waals surface area contributed by atoms with Crippen molar-refractivity contribution in [3.05, 3.63) is 18.3 Å². The third-order valence-corrected chi connectivity index (χ3v) is 2.70. The minimum Gasteiger partial charge on any atom is -0.444 e. The van der Waals surface area contributed by atoms with Gasteiger partial charge in [-0.25, -0.2) is 9.78 Å². The van der Waals surface area contributed by atoms with Gasteiger partial charge in [0.25, 0.3) is 0 Å². The van der Waals surface area contributed by atoms with E-state index >= 15 is 0 Å². The van der Waals surface area contributed by atoms with E-state index in [9.17, 15) is 4.79 Å². The summed E-state index contributed by atoms with van der Waals surface area (Å²) in [5.74, 6) is 0. The fraction of sp³-hybridized carbons (Fsp3) is 0.364. The molecular formula is C11H13N3O2S. The summed E-state index contributed by atoms with van der Waals surface area (Å²) in [7, 11) is 0. The maximum atomic E-state index is 11.5. The summed E-state index contributed by atoms with van der Waals surface area (Å²) in [6.07, 6.45) is 1.16. The van der Waals surface area contributed by atoms with Gasteiger partial charge in [0.15, 0.2) is 10.8 Å². The third kappa shape index (κ3) is 3.13. The number of hydrogen-bond acceptors (Lipinski definition) is 5. The zero-order chi connectivity index (χ0) is 12.5. The topological polar surface area (TPSA) is 64.1 Å². The molecule has 90 valence electrons. The SMILES string of the molecule is CC(C)(C)OC(=O)Nc1nc2ncccc2s1. The number of thiazole rings is 1. The highest BCUT2D eigenvalue weighted by Gasteiger charge is 2.17. The summed E-state index contributed by atoms with van der Waals surface area (Å²) in [5.41, 5.74) is 0.113. The van der Waals surface area contributed by atoms with Gasteiger partial charge in [-0.05, 0) is 32.9 Å². The molecule has 1 N–H and O–H groups in total. The number of anilines is 1. The van der Waals surface area contributed by atoms with Crippen LogP contribution in [0.5, 0.6) is 0 Å². The summed E-state index contributed by atoms with van der Waals surface area (Å²) in [5, 5.41) is 3.09. The molecule has 0 atom stereocenters. The first-order valence-electron chi connectivity index (χ1n) is 5.15. The Hall–Kier alpha value is -1.69. The molecule has 0 aromatic carbocycles. The normalized spacial score (nSPS) is 11.5. The van der Waals surface area contributed by atoms with Crippen molar-refractivity contribution in [3.63, 3.8) is 0 Å². The molecule has 2 aromatic heterocycles. The van der Waals surface area contributed by atoms with Gasteiger partial charge in [0.2, 0.25) is 0 Å². The Balaban J connectivity index is 2.11. The van der Waals surface area contributed by atoms with Crippen LogP contribution in [-0.4, -0.2) is 21.7 Å². The van der Waals surface area contributed by atoms with Crippen LogP contribution in [0.25, 0.3) is 10.3 Å². The van der Waals surface area contributed by atoms with Crippen molar-refractivity contribution in [2.75, 3.05) is 5.32 Å². The summed E-state index contributed by atoms with van der Waals surface area (Å²) in [4.78, 5) is 19.8. The van der Waals surface area contributed by atoms with Gasteiger partial charge in [-0.3, -0.25) is 5.32 Å². The van der Waals surface area contributed by atoms with E-state index in [-0.39, 0.29) is 0 Å². The average Bonchev–Trinajstić information content (AvgIpc) is 2.55. The number of ether oxygens (including phenoxy) is 1. The molecule has 2 rings (SSSR count). The number of hydrogen-bond donors (Lipinski definition) is 1. The number of nitrogens with one attached hydrogen (secondary N) is 1. The van der Waals surface area contributed by atoms with Crippen LogP contribution in [0.15, 0.2) is 18.3 Å². The fourth-order valence-electron chi connectivity index (χ4n) is 1.21. The van der Waals surface area contributed by atoms with Gasteiger partial charge in [0, 0.05) is 6.20 Å². The first-order chi connectivity index (χ1) is 7.94. The van der Waals surface area contributed by atoms with Crippen LogP contribution in [0.4, 0.5) is 9.93 Å². The van der Waals surface area contributed by atoms with Crippen LogP contribution >= 0.6 is 11.3 Å². The Morgan fingerprint density at radius 1 is 1.47 bits per heavy atom. The predicted molar refractivity (Wildman–Crippen MR) is 67.3 cm³/mol. The Bertz CT molecular complexity index is 512. The van der Waals surface area contributed by atoms with Crippen LogP contribution in [0, 0.1) is 0 Å². The molecule has 0 fully saturated rings. The van der Waals surface area contributed by atoms with Crippen LogP contribution in [0.2, 0.25) is 0 Å². The number of fused-ring (bicyclic) bond motifs is 1. The highest BCUT2D eigenvalue weighted by molar-refractivity contribution is 7.22. The first-order valence-corrected chi connectivity index (χ1v) is 5.97. The number of rotatable bonds is 1. The quantitative estimate of drug-likeness (QED) is 0.846. The zero-order valence-electron chi connectivity index (χ0n) is 9.85. The highest BCUT2D eigenvalue weighted by atomic mass is 32.1. The summed E-state index contributed by atoms with van der Waals surface area (Å²) >= 11 is 1.37. The van der Waals surface area contributed by atoms with Crippen molar-refractivity contribution >= 4 is 32.9 Å². The Morgan fingerprint density at radius 3 is 2.88 bits per heavy atom. The van der Waals surface area contributed by atoms with Crippen molar-refractivity contribution in [3.8, 4) is 0 Å². The van der Waals surface area contributed by atoms with Gasteiger partial charge >= 0.3 is 6.09 Å². The second kappa shape index (κ2) is 4.29. The number of carbonyl (C=O) groups is 1. The van der Waals surface area contributed by atoms with E-state index in [2.05, 4.69) is 15.3 Å². The largest absolute Gasteiger partial charge is 0.444 e. The number of aromatic nitrogens is 2. The van der Waals surface area contributed by atoms with Crippen LogP contribution in [0.1, 0.15) is 20.8 Å². The van der Waals surface area contributed by atoms with Crippen molar-refractivity contribution in [1.82, 2.24) is 9.97 Å². The minimum atomic E-state index is -0.515. The van der Waals surface area contributed by atoms with E-state index in [1.807, 2.05) is 32.9 Å². The second-order valence-corrected chi connectivity index (χ2v) is 5.50. The standard InChI is InChI=1S/C11H13N3O2S/c1-11(2,3)16-10(15)14-9-13-8-7(17-9)5-4-6-12-8/h4-6H,1-3H3,(H,12,13,14,15). The molecule has 0 saturated carbocycles. The van der Waals surface area contributed by atoms with Crippen LogP contribution in [-0.2, 0) is 4.74 Å². The third-order valence-electron chi connectivity index (χ3n) is 1.77. The fourth-order valence-corrected chi connectivity index (χ4v) is 2.02. The molecule has 0 bridgehead atoms. The Morgan fingerprint density at radius 2 is 2.24 bits per heavy atom. The minimum absolute atomic E-state index is 0.493. The molecule has 17 heavy (non-hydrogen) atoms. The van der Waals surface area contributed by atoms with Gasteiger partial charge in [0.1, 0.15) is 5.60 Å². The lowest BCUT2D eigenvalue weighted by Gasteiger charge is -2.18. The zero-order valence-corrected chi connectivity index (χ0v) is 10.7. The van der Waals surface area contributed by atoms with E-state index in [0.29, 0.717) is 10.8 Å². The van der Waals surface area contributed by atoms with Gasteiger partial charge in [-0.15, -0.1) is 0 Å². The number of amides is 1. The van der Waals surface area contributed by atoms with E-state index in [1.54, 1.807) is 6.20 Å². The van der Waals surface area contributed by atoms with Gasteiger partial charge in [-0.1, -0.05) is 11.3 Å². The summed E-state index contributed by atoms with van der Waals surface area (Å²) in [6.45, 7) is 5.44. The predicted octanol–water partition coefficient (Wildman–Crippen LogP) is 3.04. The van der Waals surface area contributed by atoms with Crippen molar-refractivity contribution in [1.29, 1.82) is 0 Å². The molecule has 0 radical (unpaired) electrons. The van der Waals surface area contributed by atoms with Gasteiger partial charge < -0.3 is 4.74 Å². The maximum absolute atomic E-state index is 11.5. The lowest BCUT2D eigenvalue weighted by atomic mass is 10.2. The molecule has 1 amide bonds. The molecule has 0 unspecified atom stereocenters. The molecule has 6 heteroatoms. The second-order valence-electron chi connectivity index (χ2n) is 4.47. The number of pyridine rings is 1. The van der Waals surface area contributed by atoms with Gasteiger partial charge in [-0.2, -0.15) is 4.98 Å². The van der Waals surface area contributed by atoms with E-state index < -0.39 is 11.7 Å². The lowest BCUT2D eigenvalue weighted by molar-refractivity contribution is 0.0636. The van der Waals surface area contributed by atoms with E-state index in [4.69, 9.17) is 4.74 Å². The molecule has 0 saturated heterocycles. The maximum Gasteiger partial charge on any atom is 0.413 e. The summed E-state index contributed by atoms with van der Waals surface area (Å²) in [6, 6.07) is 3.73. The van der Waals surface area contributed by atoms with E-state index in [0.717, 1.165) is 4.70 Å². The van der Waals surface area contributed by atoms with Crippen molar-refractivity contribution in [2.24, 2.45) is 0 Å². The molecule has 0 aliphatic heterocycles. The van der Waals surface area contributed by atoms with Crippen molar-refractivity contribution < 1.29 is 9.53 Å². The molecule has 0 aliphatic rings.